The number of morpholine rings is 1. The van der Waals surface area contributed by atoms with Crippen molar-refractivity contribution < 1.29 is 9.94 Å². The number of nitrogens with one attached hydrogen (secondary N) is 1. The molecule has 0 amide bonds. The number of piperidine rings is 1. The second-order valence-corrected chi connectivity index (χ2v) is 9.54. The third-order valence-electron chi connectivity index (χ3n) is 6.20. The van der Waals surface area contributed by atoms with Crippen LogP contribution in [0, 0.1) is 13.8 Å². The molecule has 5 rings (SSSR count). The molecule has 2 saturated heterocycles. The Labute approximate surface area is 191 Å². The van der Waals surface area contributed by atoms with Gasteiger partial charge in [-0.2, -0.15) is 5.17 Å². The fourth-order valence-corrected chi connectivity index (χ4v) is 5.14. The number of anilines is 3. The predicted octanol–water partition coefficient (Wildman–Crippen LogP) is 2.91. The number of benzene rings is 1. The highest BCUT2D eigenvalue weighted by atomic mass is 32.1. The lowest BCUT2D eigenvalue weighted by atomic mass is 10.1. The number of fused-ring (bicyclic) bond motifs is 1. The van der Waals surface area contributed by atoms with Gasteiger partial charge in [-0.25, -0.2) is 20.4 Å². The Kier molecular flexibility index (Phi) is 6.09. The number of ether oxygens (including phenoxy) is 1. The third kappa shape index (κ3) is 4.36. The van der Waals surface area contributed by atoms with E-state index in [0.717, 1.165) is 84.7 Å². The first-order valence-corrected chi connectivity index (χ1v) is 11.9. The highest BCUT2D eigenvalue weighted by Crippen LogP contribution is 2.29. The van der Waals surface area contributed by atoms with Gasteiger partial charge in [0.2, 0.25) is 5.13 Å². The molecule has 2 aromatic heterocycles. The largest absolute Gasteiger partial charge is 0.378 e. The number of thiazole rings is 1. The maximum absolute atomic E-state index is 10.5. The Morgan fingerprint density at radius 2 is 2.00 bits per heavy atom. The molecule has 2 fully saturated rings. The van der Waals surface area contributed by atoms with Crippen molar-refractivity contribution >= 4 is 38.9 Å². The molecule has 9 nitrogen and oxygen atoms in total. The molecule has 32 heavy (non-hydrogen) atoms. The minimum atomic E-state index is 0.0934. The smallest absolute Gasteiger partial charge is 0.226 e. The van der Waals surface area contributed by atoms with Gasteiger partial charge in [-0.3, -0.25) is 5.21 Å². The molecular weight excluding hydrogens is 426 g/mol. The molecule has 0 bridgehead atoms. The summed E-state index contributed by atoms with van der Waals surface area (Å²) in [7, 11) is 0. The zero-order valence-electron chi connectivity index (χ0n) is 18.5. The molecule has 3 aromatic rings. The average molecular weight is 456 g/mol. The standard InChI is InChI=1S/C22H29N7O2S/c1-15-16(2)32-22(25-15)29(30)26-17-4-3-7-28(13-17)21-19-6-5-18(12-20(19)23-14-24-21)27-8-10-31-11-9-27/h5-6,12,14,17,26,30H,3-4,7-11,13H2,1-2H3. The third-order valence-corrected chi connectivity index (χ3v) is 7.25. The normalized spacial score (nSPS) is 19.5. The van der Waals surface area contributed by atoms with Crippen LogP contribution >= 0.6 is 11.3 Å². The molecule has 1 unspecified atom stereocenters. The van der Waals surface area contributed by atoms with Gasteiger partial charge >= 0.3 is 0 Å². The van der Waals surface area contributed by atoms with E-state index in [0.29, 0.717) is 5.13 Å². The number of hydrogen-bond acceptors (Lipinski definition) is 10. The molecule has 1 atom stereocenters. The second kappa shape index (κ2) is 9.14. The molecule has 4 heterocycles. The van der Waals surface area contributed by atoms with Gasteiger partial charge in [-0.1, -0.05) is 11.3 Å². The summed E-state index contributed by atoms with van der Waals surface area (Å²) in [4.78, 5) is 19.3. The van der Waals surface area contributed by atoms with Crippen molar-refractivity contribution in [3.05, 3.63) is 35.1 Å². The van der Waals surface area contributed by atoms with Gasteiger partial charge in [-0.05, 0) is 44.9 Å². The molecule has 2 aliphatic heterocycles. The van der Waals surface area contributed by atoms with Gasteiger partial charge in [0.05, 0.1) is 24.4 Å². The number of rotatable bonds is 5. The molecule has 1 aromatic carbocycles. The Morgan fingerprint density at radius 1 is 1.16 bits per heavy atom. The van der Waals surface area contributed by atoms with Crippen LogP contribution in [0.2, 0.25) is 0 Å². The molecule has 170 valence electrons. The van der Waals surface area contributed by atoms with Crippen molar-refractivity contribution in [2.45, 2.75) is 32.7 Å². The Morgan fingerprint density at radius 3 is 2.78 bits per heavy atom. The lowest BCUT2D eigenvalue weighted by Gasteiger charge is -2.35. The molecule has 2 aliphatic rings. The van der Waals surface area contributed by atoms with E-state index >= 15 is 0 Å². The first-order valence-electron chi connectivity index (χ1n) is 11.1. The summed E-state index contributed by atoms with van der Waals surface area (Å²) in [6.45, 7) is 8.97. The monoisotopic (exact) mass is 455 g/mol. The van der Waals surface area contributed by atoms with Crippen molar-refractivity contribution in [1.82, 2.24) is 20.4 Å². The van der Waals surface area contributed by atoms with Crippen molar-refractivity contribution in [2.75, 3.05) is 54.4 Å². The lowest BCUT2D eigenvalue weighted by Crippen LogP contribution is -2.51. The fraction of sp³-hybridized carbons (Fsp3) is 0.500. The highest BCUT2D eigenvalue weighted by molar-refractivity contribution is 7.15. The van der Waals surface area contributed by atoms with Gasteiger partial charge in [0.15, 0.2) is 0 Å². The maximum Gasteiger partial charge on any atom is 0.226 e. The van der Waals surface area contributed by atoms with Crippen molar-refractivity contribution in [2.24, 2.45) is 0 Å². The number of nitrogens with zero attached hydrogens (tertiary/aromatic N) is 6. The van der Waals surface area contributed by atoms with Crippen LogP contribution in [-0.4, -0.2) is 65.6 Å². The summed E-state index contributed by atoms with van der Waals surface area (Å²) in [6, 6.07) is 6.53. The molecular formula is C22H29N7O2S. The zero-order valence-corrected chi connectivity index (χ0v) is 19.3. The summed E-state index contributed by atoms with van der Waals surface area (Å²) >= 11 is 1.48. The predicted molar refractivity (Wildman–Crippen MR) is 127 cm³/mol. The number of hydrazine groups is 1. The average Bonchev–Trinajstić information content (AvgIpc) is 3.17. The van der Waals surface area contributed by atoms with E-state index in [9.17, 15) is 5.21 Å². The maximum atomic E-state index is 10.5. The van der Waals surface area contributed by atoms with Gasteiger partial charge in [0.25, 0.3) is 0 Å². The number of aromatic nitrogens is 3. The molecule has 0 aliphatic carbocycles. The van der Waals surface area contributed by atoms with Gasteiger partial charge < -0.3 is 14.5 Å². The lowest BCUT2D eigenvalue weighted by molar-refractivity contribution is 0.122. The zero-order chi connectivity index (χ0) is 22.1. The summed E-state index contributed by atoms with van der Waals surface area (Å²) in [6.07, 6.45) is 3.64. The van der Waals surface area contributed by atoms with Crippen LogP contribution in [0.25, 0.3) is 10.9 Å². The SMILES string of the molecule is Cc1nc(N(O)NC2CCCN(c3ncnc4cc(N5CCOCC5)ccc34)C2)sc1C. The van der Waals surface area contributed by atoms with E-state index in [4.69, 9.17) is 4.74 Å². The quantitative estimate of drug-likeness (QED) is 0.564. The molecule has 0 spiro atoms. The first-order chi connectivity index (χ1) is 15.6. The van der Waals surface area contributed by atoms with Crippen LogP contribution in [0.3, 0.4) is 0 Å². The Hall–Kier alpha value is -2.53. The van der Waals surface area contributed by atoms with E-state index < -0.39 is 0 Å². The van der Waals surface area contributed by atoms with Gasteiger partial charge in [0.1, 0.15) is 12.1 Å². The second-order valence-electron chi connectivity index (χ2n) is 8.36. The fourth-order valence-electron chi connectivity index (χ4n) is 4.35. The minimum Gasteiger partial charge on any atom is -0.378 e. The topological polar surface area (TPSA) is 89.9 Å². The van der Waals surface area contributed by atoms with Crippen LogP contribution in [0.1, 0.15) is 23.4 Å². The van der Waals surface area contributed by atoms with E-state index in [1.54, 1.807) is 6.33 Å². The van der Waals surface area contributed by atoms with Crippen LogP contribution in [0.15, 0.2) is 24.5 Å². The minimum absolute atomic E-state index is 0.0934. The van der Waals surface area contributed by atoms with Crippen LogP contribution in [0.4, 0.5) is 16.6 Å². The van der Waals surface area contributed by atoms with E-state index in [2.05, 4.69) is 48.4 Å². The summed E-state index contributed by atoms with van der Waals surface area (Å²) in [5.41, 5.74) is 6.28. The highest BCUT2D eigenvalue weighted by Gasteiger charge is 2.25. The number of hydrogen-bond donors (Lipinski definition) is 2. The Bertz CT molecular complexity index is 1070. The molecule has 2 N–H and O–H groups in total. The number of aryl methyl sites for hydroxylation is 2. The molecule has 10 heteroatoms. The van der Waals surface area contributed by atoms with Crippen LogP contribution in [-0.2, 0) is 4.74 Å². The van der Waals surface area contributed by atoms with Gasteiger partial charge in [-0.15, -0.1) is 0 Å². The molecule has 0 radical (unpaired) electrons. The first kappa shape index (κ1) is 21.3. The summed E-state index contributed by atoms with van der Waals surface area (Å²) in [5.74, 6) is 0.945. The van der Waals surface area contributed by atoms with Crippen LogP contribution in [0.5, 0.6) is 0 Å². The summed E-state index contributed by atoms with van der Waals surface area (Å²) in [5, 5.41) is 13.2. The van der Waals surface area contributed by atoms with Crippen molar-refractivity contribution in [1.29, 1.82) is 0 Å². The van der Waals surface area contributed by atoms with Gasteiger partial charge in [0, 0.05) is 48.2 Å². The van der Waals surface area contributed by atoms with Crippen molar-refractivity contribution in [3.63, 3.8) is 0 Å². The van der Waals surface area contributed by atoms with Crippen molar-refractivity contribution in [3.8, 4) is 0 Å². The Balaban J connectivity index is 1.32. The van der Waals surface area contributed by atoms with Crippen LogP contribution < -0.4 is 20.4 Å². The van der Waals surface area contributed by atoms with E-state index in [1.165, 1.54) is 17.0 Å². The van der Waals surface area contributed by atoms with E-state index in [1.807, 2.05) is 13.8 Å². The molecule has 0 saturated carbocycles. The van der Waals surface area contributed by atoms with E-state index in [-0.39, 0.29) is 6.04 Å². The summed E-state index contributed by atoms with van der Waals surface area (Å²) < 4.78 is 5.48.